The molecule has 2 aromatic carbocycles. The molecule has 0 radical (unpaired) electrons. The van der Waals surface area contributed by atoms with Crippen molar-refractivity contribution in [1.82, 2.24) is 0 Å². The van der Waals surface area contributed by atoms with Crippen molar-refractivity contribution in [2.24, 2.45) is 0 Å². The van der Waals surface area contributed by atoms with Crippen LogP contribution >= 0.6 is 0 Å². The predicted molar refractivity (Wildman–Crippen MR) is 114 cm³/mol. The molecule has 1 aliphatic rings. The van der Waals surface area contributed by atoms with Crippen molar-refractivity contribution in [1.29, 1.82) is 0 Å². The fourth-order valence-corrected chi connectivity index (χ4v) is 3.28. The molecule has 0 N–H and O–H groups in total. The van der Waals surface area contributed by atoms with Gasteiger partial charge in [0.25, 0.3) is 11.5 Å². The van der Waals surface area contributed by atoms with Crippen molar-refractivity contribution in [2.45, 2.75) is 18.9 Å². The van der Waals surface area contributed by atoms with E-state index in [-0.39, 0.29) is 24.4 Å². The van der Waals surface area contributed by atoms with Crippen LogP contribution in [0.2, 0.25) is 0 Å². The van der Waals surface area contributed by atoms with Crippen LogP contribution in [0.5, 0.6) is 0 Å². The maximum atomic E-state index is 12.7. The third-order valence-corrected chi connectivity index (χ3v) is 4.90. The summed E-state index contributed by atoms with van der Waals surface area (Å²) in [7, 11) is 1.03. The van der Waals surface area contributed by atoms with E-state index >= 15 is 0 Å². The summed E-state index contributed by atoms with van der Waals surface area (Å²) in [5.74, 6) is -2.70. The van der Waals surface area contributed by atoms with Crippen LogP contribution in [-0.4, -0.2) is 40.4 Å². The number of carbonyl (C=O) groups excluding carboxylic acids is 3. The number of rotatable bonds is 7. The monoisotopic (exact) mass is 450 g/mol. The van der Waals surface area contributed by atoms with E-state index in [2.05, 4.69) is 9.53 Å². The zero-order chi connectivity index (χ0) is 24.0. The molecule has 1 unspecified atom stereocenters. The largest absolute Gasteiger partial charge is 0.460 e. The second kappa shape index (κ2) is 10.1. The number of hydrogen-bond donors (Lipinski definition) is 0. The average Bonchev–Trinajstić information content (AvgIpc) is 2.83. The average molecular weight is 450 g/mol. The highest BCUT2D eigenvalue weighted by atomic mass is 16.6. The van der Waals surface area contributed by atoms with Gasteiger partial charge in [0.15, 0.2) is 0 Å². The summed E-state index contributed by atoms with van der Waals surface area (Å²) >= 11 is 0. The molecule has 1 heterocycles. The molecule has 168 valence electrons. The molecule has 0 saturated heterocycles. The number of carbonyl (C=O) groups is 3. The summed E-state index contributed by atoms with van der Waals surface area (Å²) in [5.41, 5.74) is 9.29. The summed E-state index contributed by atoms with van der Waals surface area (Å²) in [6, 6.07) is 12.9. The Balaban J connectivity index is 1.88. The second-order valence-electron chi connectivity index (χ2n) is 6.93. The number of methoxy groups -OCH3 is 1. The van der Waals surface area contributed by atoms with Crippen molar-refractivity contribution >= 4 is 34.9 Å². The summed E-state index contributed by atoms with van der Waals surface area (Å²) in [4.78, 5) is 51.4. The van der Waals surface area contributed by atoms with Gasteiger partial charge >= 0.3 is 17.8 Å². The summed E-state index contributed by atoms with van der Waals surface area (Å²) in [5, 5.41) is 11.3. The zero-order valence-electron chi connectivity index (χ0n) is 17.4. The molecular formula is C22H18N4O7. The number of non-ortho nitro benzene ring substituents is 1. The highest BCUT2D eigenvalue weighted by molar-refractivity contribution is 6.62. The maximum Gasteiger partial charge on any atom is 0.441 e. The number of nitro benzene ring substituents is 1. The fraction of sp³-hybridized carbons (Fsp3) is 0.182. The molecule has 1 atom stereocenters. The van der Waals surface area contributed by atoms with E-state index in [1.807, 2.05) is 6.07 Å². The lowest BCUT2D eigenvalue weighted by Gasteiger charge is -2.28. The van der Waals surface area contributed by atoms with E-state index in [0.29, 0.717) is 5.56 Å². The Kier molecular flexibility index (Phi) is 7.07. The molecule has 1 aliphatic heterocycles. The van der Waals surface area contributed by atoms with E-state index in [1.165, 1.54) is 35.4 Å². The first-order valence-electron chi connectivity index (χ1n) is 9.65. The molecule has 11 nitrogen and oxygen atoms in total. The molecule has 0 spiro atoms. The number of ether oxygens (including phenoxy) is 2. The number of ketones is 1. The van der Waals surface area contributed by atoms with Crippen LogP contribution in [0.25, 0.3) is 5.53 Å². The Morgan fingerprint density at radius 3 is 2.55 bits per heavy atom. The number of nitrogens with zero attached hydrogens (tertiary/aromatic N) is 4. The minimum atomic E-state index is -1.12. The Hall–Kier alpha value is -4.63. The maximum absolute atomic E-state index is 12.7. The lowest BCUT2D eigenvalue weighted by molar-refractivity contribution is -0.384. The number of allylic oxidation sites excluding steroid dienone is 1. The SMILES string of the molecule is COC(=O)C(=[N+]=[N-])C(=O)CC1C=CN(C(=O)OCc2ccccc2)c2ccc([N+](=O)[O-])cc21. The van der Waals surface area contributed by atoms with Crippen LogP contribution in [0, 0.1) is 10.1 Å². The van der Waals surface area contributed by atoms with Crippen molar-refractivity contribution in [2.75, 3.05) is 12.0 Å². The minimum absolute atomic E-state index is 0.0176. The molecule has 11 heteroatoms. The third kappa shape index (κ3) is 5.17. The first-order chi connectivity index (χ1) is 15.8. The second-order valence-corrected chi connectivity index (χ2v) is 6.93. The number of amides is 1. The van der Waals surface area contributed by atoms with E-state index in [1.54, 1.807) is 24.3 Å². The third-order valence-electron chi connectivity index (χ3n) is 4.90. The van der Waals surface area contributed by atoms with E-state index in [4.69, 9.17) is 10.3 Å². The molecule has 2 aromatic rings. The van der Waals surface area contributed by atoms with Crippen molar-refractivity contribution < 1.29 is 33.6 Å². The van der Waals surface area contributed by atoms with E-state index in [9.17, 15) is 24.5 Å². The van der Waals surface area contributed by atoms with E-state index < -0.39 is 34.4 Å². The van der Waals surface area contributed by atoms with Crippen LogP contribution < -0.4 is 4.90 Å². The number of Topliss-reactive ketones (excluding diaryl/α,β-unsaturated/α-hetero) is 1. The number of nitro groups is 1. The fourth-order valence-electron chi connectivity index (χ4n) is 3.28. The van der Waals surface area contributed by atoms with Gasteiger partial charge in [0, 0.05) is 30.7 Å². The minimum Gasteiger partial charge on any atom is -0.460 e. The molecule has 3 rings (SSSR count). The van der Waals surface area contributed by atoms with Gasteiger partial charge in [0.05, 0.1) is 17.7 Å². The van der Waals surface area contributed by atoms with Crippen LogP contribution in [-0.2, 0) is 25.7 Å². The lowest BCUT2D eigenvalue weighted by Crippen LogP contribution is -2.31. The number of esters is 1. The van der Waals surface area contributed by atoms with Gasteiger partial charge in [-0.3, -0.25) is 19.8 Å². The Labute approximate surface area is 187 Å². The smallest absolute Gasteiger partial charge is 0.441 e. The zero-order valence-corrected chi connectivity index (χ0v) is 17.4. The summed E-state index contributed by atoms with van der Waals surface area (Å²) < 4.78 is 9.76. The highest BCUT2D eigenvalue weighted by Crippen LogP contribution is 2.38. The van der Waals surface area contributed by atoms with Gasteiger partial charge in [-0.05, 0) is 17.2 Å². The quantitative estimate of drug-likeness (QED) is 0.119. The molecule has 0 aliphatic carbocycles. The standard InChI is InChI=1S/C22H18N4O7/c1-32-21(28)20(24-23)19(27)11-15-9-10-25(18-8-7-16(26(30)31)12-17(15)18)22(29)33-13-14-5-3-2-4-6-14/h2-10,12,15H,11,13H2,1H3. The lowest BCUT2D eigenvalue weighted by atomic mass is 9.88. The molecule has 33 heavy (non-hydrogen) atoms. The topological polar surface area (TPSA) is 152 Å². The Morgan fingerprint density at radius 1 is 1.18 bits per heavy atom. The van der Waals surface area contributed by atoms with E-state index in [0.717, 1.165) is 12.7 Å². The van der Waals surface area contributed by atoms with Gasteiger partial charge in [0.2, 0.25) is 0 Å². The Morgan fingerprint density at radius 2 is 1.91 bits per heavy atom. The van der Waals surface area contributed by atoms with Gasteiger partial charge in [0.1, 0.15) is 6.61 Å². The first-order valence-corrected chi connectivity index (χ1v) is 9.65. The number of hydrogen-bond acceptors (Lipinski definition) is 7. The van der Waals surface area contributed by atoms with Gasteiger partial charge in [-0.2, -0.15) is 4.79 Å². The van der Waals surface area contributed by atoms with Gasteiger partial charge in [-0.25, -0.2) is 9.59 Å². The van der Waals surface area contributed by atoms with Crippen molar-refractivity contribution in [3.8, 4) is 0 Å². The molecule has 0 aromatic heterocycles. The van der Waals surface area contributed by atoms with Crippen LogP contribution in [0.15, 0.2) is 60.8 Å². The molecular weight excluding hydrogens is 432 g/mol. The first kappa shape index (κ1) is 23.0. The van der Waals surface area contributed by atoms with Crippen LogP contribution in [0.4, 0.5) is 16.2 Å². The molecule has 1 amide bonds. The molecule has 0 saturated carbocycles. The molecule has 0 bridgehead atoms. The highest BCUT2D eigenvalue weighted by Gasteiger charge is 2.35. The van der Waals surface area contributed by atoms with Crippen molar-refractivity contribution in [3.63, 3.8) is 0 Å². The summed E-state index contributed by atoms with van der Waals surface area (Å²) in [6.45, 7) is 0.0176. The van der Waals surface area contributed by atoms with Gasteiger partial charge < -0.3 is 15.0 Å². The number of benzene rings is 2. The van der Waals surface area contributed by atoms with Crippen molar-refractivity contribution in [3.05, 3.63) is 87.6 Å². The molecule has 0 fully saturated rings. The van der Waals surface area contributed by atoms with Gasteiger partial charge in [-0.15, -0.1) is 0 Å². The van der Waals surface area contributed by atoms with Crippen LogP contribution in [0.3, 0.4) is 0 Å². The van der Waals surface area contributed by atoms with Crippen LogP contribution in [0.1, 0.15) is 23.5 Å². The summed E-state index contributed by atoms with van der Waals surface area (Å²) in [6.07, 6.45) is 1.78. The predicted octanol–water partition coefficient (Wildman–Crippen LogP) is 3.15. The number of anilines is 1. The normalized spacial score (nSPS) is 14.0. The van der Waals surface area contributed by atoms with Gasteiger partial charge in [-0.1, -0.05) is 36.4 Å². The number of fused-ring (bicyclic) bond motifs is 1. The Bertz CT molecular complexity index is 1190.